The van der Waals surface area contributed by atoms with Crippen LogP contribution in [0, 0.1) is 0 Å². The maximum Gasteiger partial charge on any atom is 0.348 e. The first-order valence-electron chi connectivity index (χ1n) is 6.81. The van der Waals surface area contributed by atoms with Crippen LogP contribution in [-0.4, -0.2) is 19.6 Å². The fraction of sp³-hybridized carbons (Fsp3) is 0. The molecule has 23 heavy (non-hydrogen) atoms. The molecule has 7 heteroatoms. The molecule has 0 aliphatic carbocycles. The van der Waals surface area contributed by atoms with Crippen LogP contribution in [0.5, 0.6) is 0 Å². The van der Waals surface area contributed by atoms with Crippen molar-refractivity contribution in [2.75, 3.05) is 0 Å². The summed E-state index contributed by atoms with van der Waals surface area (Å²) in [5.41, 5.74) is 0.471. The van der Waals surface area contributed by atoms with Crippen LogP contribution in [0.2, 0.25) is 5.02 Å². The predicted molar refractivity (Wildman–Crippen MR) is 87.8 cm³/mol. The van der Waals surface area contributed by atoms with Gasteiger partial charge in [0, 0.05) is 16.0 Å². The molecule has 0 unspecified atom stereocenters. The third-order valence-corrected chi connectivity index (χ3v) is 3.75. The van der Waals surface area contributed by atoms with Gasteiger partial charge in [0.25, 0.3) is 5.56 Å². The standard InChI is InChI=1S/C16H9ClN4O2/c17-10-6-7-12-11(8-10)14-19-15(22)13(9-4-2-1-3-5-9)20-21(14)16(23)18-12/h1-8H,(H,18,23). The molecule has 4 aromatic rings. The quantitative estimate of drug-likeness (QED) is 0.545. The SMILES string of the molecule is O=c1nc2c3cc(Cl)ccc3[nH]c(=O)n2nc1-c1ccccc1. The van der Waals surface area contributed by atoms with E-state index in [-0.39, 0.29) is 11.3 Å². The van der Waals surface area contributed by atoms with E-state index in [0.29, 0.717) is 21.5 Å². The summed E-state index contributed by atoms with van der Waals surface area (Å²) in [6.07, 6.45) is 0. The number of H-pyrrole nitrogens is 1. The Balaban J connectivity index is 2.15. The zero-order valence-electron chi connectivity index (χ0n) is 11.7. The van der Waals surface area contributed by atoms with E-state index in [2.05, 4.69) is 15.1 Å². The second-order valence-electron chi connectivity index (χ2n) is 4.99. The van der Waals surface area contributed by atoms with Crippen molar-refractivity contribution < 1.29 is 0 Å². The highest BCUT2D eigenvalue weighted by Crippen LogP contribution is 2.19. The minimum Gasteiger partial charge on any atom is -0.305 e. The van der Waals surface area contributed by atoms with Crippen molar-refractivity contribution in [1.29, 1.82) is 0 Å². The first kappa shape index (κ1) is 13.7. The molecule has 2 heterocycles. The largest absolute Gasteiger partial charge is 0.348 e. The molecule has 2 aromatic carbocycles. The molecule has 0 atom stereocenters. The number of aromatic nitrogens is 4. The van der Waals surface area contributed by atoms with Crippen LogP contribution in [0.1, 0.15) is 0 Å². The summed E-state index contributed by atoms with van der Waals surface area (Å²) in [6.45, 7) is 0. The molecule has 0 saturated carbocycles. The summed E-state index contributed by atoms with van der Waals surface area (Å²) in [5, 5.41) is 5.22. The van der Waals surface area contributed by atoms with E-state index in [1.54, 1.807) is 42.5 Å². The highest BCUT2D eigenvalue weighted by molar-refractivity contribution is 6.31. The van der Waals surface area contributed by atoms with Gasteiger partial charge in [-0.1, -0.05) is 41.9 Å². The molecule has 0 fully saturated rings. The van der Waals surface area contributed by atoms with Crippen molar-refractivity contribution in [3.05, 3.63) is 74.4 Å². The Hall–Kier alpha value is -2.99. The average Bonchev–Trinajstić information content (AvgIpc) is 2.56. The number of fused-ring (bicyclic) bond motifs is 3. The molecule has 2 aromatic heterocycles. The fourth-order valence-electron chi connectivity index (χ4n) is 2.46. The first-order valence-corrected chi connectivity index (χ1v) is 7.19. The summed E-state index contributed by atoms with van der Waals surface area (Å²) < 4.78 is 1.09. The van der Waals surface area contributed by atoms with Gasteiger partial charge in [0.1, 0.15) is 0 Å². The lowest BCUT2D eigenvalue weighted by molar-refractivity contribution is 0.830. The summed E-state index contributed by atoms with van der Waals surface area (Å²) in [7, 11) is 0. The number of rotatable bonds is 1. The van der Waals surface area contributed by atoms with Gasteiger partial charge in [0.15, 0.2) is 11.3 Å². The van der Waals surface area contributed by atoms with Gasteiger partial charge >= 0.3 is 5.69 Å². The molecule has 0 spiro atoms. The number of hydrogen-bond donors (Lipinski definition) is 1. The first-order chi connectivity index (χ1) is 11.1. The molecular weight excluding hydrogens is 316 g/mol. The lowest BCUT2D eigenvalue weighted by Gasteiger charge is -2.06. The topological polar surface area (TPSA) is 80.1 Å². The summed E-state index contributed by atoms with van der Waals surface area (Å²) in [4.78, 5) is 31.3. The molecule has 6 nitrogen and oxygen atoms in total. The van der Waals surface area contributed by atoms with Gasteiger partial charge in [-0.05, 0) is 18.2 Å². The molecule has 0 amide bonds. The highest BCUT2D eigenvalue weighted by Gasteiger charge is 2.12. The van der Waals surface area contributed by atoms with Gasteiger partial charge in [-0.15, -0.1) is 0 Å². The van der Waals surface area contributed by atoms with Crippen molar-refractivity contribution in [3.8, 4) is 11.3 Å². The van der Waals surface area contributed by atoms with Gasteiger partial charge in [0.2, 0.25) is 0 Å². The molecule has 112 valence electrons. The van der Waals surface area contributed by atoms with Crippen molar-refractivity contribution in [2.24, 2.45) is 0 Å². The molecule has 0 bridgehead atoms. The average molecular weight is 325 g/mol. The number of nitrogens with one attached hydrogen (secondary N) is 1. The van der Waals surface area contributed by atoms with Gasteiger partial charge in [0.05, 0.1) is 5.52 Å². The van der Waals surface area contributed by atoms with Gasteiger partial charge in [-0.3, -0.25) is 4.79 Å². The Kier molecular flexibility index (Phi) is 2.99. The van der Waals surface area contributed by atoms with E-state index in [9.17, 15) is 9.59 Å². The minimum atomic E-state index is -0.497. The van der Waals surface area contributed by atoms with Crippen LogP contribution in [0.4, 0.5) is 0 Å². The van der Waals surface area contributed by atoms with E-state index in [1.807, 2.05) is 6.07 Å². The van der Waals surface area contributed by atoms with E-state index in [0.717, 1.165) is 4.52 Å². The molecule has 0 aliphatic heterocycles. The monoisotopic (exact) mass is 324 g/mol. The Morgan fingerprint density at radius 3 is 2.61 bits per heavy atom. The van der Waals surface area contributed by atoms with E-state index in [1.165, 1.54) is 0 Å². The molecule has 0 radical (unpaired) electrons. The van der Waals surface area contributed by atoms with Crippen LogP contribution >= 0.6 is 11.6 Å². The van der Waals surface area contributed by atoms with E-state index in [4.69, 9.17) is 11.6 Å². The van der Waals surface area contributed by atoms with Crippen LogP contribution < -0.4 is 11.2 Å². The van der Waals surface area contributed by atoms with Crippen LogP contribution in [0.3, 0.4) is 0 Å². The Morgan fingerprint density at radius 2 is 1.83 bits per heavy atom. The van der Waals surface area contributed by atoms with Crippen molar-refractivity contribution in [2.45, 2.75) is 0 Å². The van der Waals surface area contributed by atoms with Gasteiger partial charge < -0.3 is 4.98 Å². The van der Waals surface area contributed by atoms with E-state index < -0.39 is 11.2 Å². The zero-order chi connectivity index (χ0) is 16.0. The van der Waals surface area contributed by atoms with E-state index >= 15 is 0 Å². The second-order valence-corrected chi connectivity index (χ2v) is 5.42. The normalized spacial score (nSPS) is 11.2. The van der Waals surface area contributed by atoms with Crippen molar-refractivity contribution >= 4 is 28.2 Å². The zero-order valence-corrected chi connectivity index (χ0v) is 12.4. The van der Waals surface area contributed by atoms with Crippen LogP contribution in [0.15, 0.2) is 58.1 Å². The number of aromatic amines is 1. The third-order valence-electron chi connectivity index (χ3n) is 3.51. The number of benzene rings is 2. The maximum atomic E-state index is 12.3. The second kappa shape index (κ2) is 5.03. The summed E-state index contributed by atoms with van der Waals surface area (Å²) >= 11 is 6.00. The third kappa shape index (κ3) is 2.20. The summed E-state index contributed by atoms with van der Waals surface area (Å²) in [6, 6.07) is 13.8. The molecular formula is C16H9ClN4O2. The van der Waals surface area contributed by atoms with Crippen molar-refractivity contribution in [3.63, 3.8) is 0 Å². The molecule has 0 aliphatic rings. The Morgan fingerprint density at radius 1 is 1.04 bits per heavy atom. The highest BCUT2D eigenvalue weighted by atomic mass is 35.5. The maximum absolute atomic E-state index is 12.3. The number of hydrogen-bond acceptors (Lipinski definition) is 4. The molecule has 4 rings (SSSR count). The number of nitrogens with zero attached hydrogens (tertiary/aromatic N) is 3. The molecule has 0 saturated heterocycles. The predicted octanol–water partition coefficient (Wildman–Crippen LogP) is 2.25. The lowest BCUT2D eigenvalue weighted by atomic mass is 10.2. The minimum absolute atomic E-state index is 0.120. The van der Waals surface area contributed by atoms with Crippen LogP contribution in [-0.2, 0) is 0 Å². The van der Waals surface area contributed by atoms with Crippen molar-refractivity contribution in [1.82, 2.24) is 19.6 Å². The Labute approximate surface area is 134 Å². The fourth-order valence-corrected chi connectivity index (χ4v) is 2.63. The van der Waals surface area contributed by atoms with Crippen LogP contribution in [0.25, 0.3) is 27.8 Å². The Bertz CT molecular complexity index is 1170. The smallest absolute Gasteiger partial charge is 0.305 e. The van der Waals surface area contributed by atoms with Gasteiger partial charge in [-0.25, -0.2) is 4.79 Å². The summed E-state index contributed by atoms with van der Waals surface area (Å²) in [5.74, 6) is 0. The number of halogens is 1. The lowest BCUT2D eigenvalue weighted by Crippen LogP contribution is -2.25. The van der Waals surface area contributed by atoms with Gasteiger partial charge in [-0.2, -0.15) is 14.6 Å². The molecule has 1 N–H and O–H groups in total.